The van der Waals surface area contributed by atoms with Crippen LogP contribution in [-0.4, -0.2) is 15.3 Å². The number of nitrogens with zero attached hydrogens (tertiary/aromatic N) is 2. The van der Waals surface area contributed by atoms with E-state index in [-0.39, 0.29) is 17.3 Å². The number of rotatable bonds is 3. The van der Waals surface area contributed by atoms with E-state index in [9.17, 15) is 23.1 Å². The van der Waals surface area contributed by atoms with Crippen molar-refractivity contribution in [1.29, 1.82) is 0 Å². The van der Waals surface area contributed by atoms with Gasteiger partial charge in [0, 0.05) is 5.56 Å². The van der Waals surface area contributed by atoms with Crippen molar-refractivity contribution in [1.82, 2.24) is 5.32 Å². The van der Waals surface area contributed by atoms with Gasteiger partial charge in [-0.3, -0.25) is 4.79 Å². The molecular weight excluding hydrogens is 399 g/mol. The van der Waals surface area contributed by atoms with E-state index in [0.29, 0.717) is 20.5 Å². The fourth-order valence-electron chi connectivity index (χ4n) is 2.14. The predicted octanol–water partition coefficient (Wildman–Crippen LogP) is 5.32. The summed E-state index contributed by atoms with van der Waals surface area (Å²) in [6.45, 7) is 0. The summed E-state index contributed by atoms with van der Waals surface area (Å²) in [4.78, 5) is 12.0. The Balaban J connectivity index is 1.87. The standard InChI is InChI=1S/C17H10F3N3O2S2/c18-17(19,20)10-2-1-3-11(8-10)22-23-12-4-5-13(24)9(6-12)7-14-15(25)21-16(26)27-14/h1-8,24H,(H,21,25,26)/b14-7-,23-22?. The second kappa shape index (κ2) is 7.49. The quantitative estimate of drug-likeness (QED) is 0.409. The number of alkyl halides is 3. The van der Waals surface area contributed by atoms with Crippen molar-refractivity contribution < 1.29 is 23.1 Å². The summed E-state index contributed by atoms with van der Waals surface area (Å²) in [5, 5.41) is 20.1. The zero-order valence-corrected chi connectivity index (χ0v) is 15.0. The summed E-state index contributed by atoms with van der Waals surface area (Å²) in [6.07, 6.45) is -3.03. The van der Waals surface area contributed by atoms with E-state index in [1.54, 1.807) is 0 Å². The molecule has 3 rings (SSSR count). The summed E-state index contributed by atoms with van der Waals surface area (Å²) in [5.41, 5.74) is -0.190. The van der Waals surface area contributed by atoms with Gasteiger partial charge in [-0.1, -0.05) is 30.0 Å². The predicted molar refractivity (Wildman–Crippen MR) is 100 cm³/mol. The van der Waals surface area contributed by atoms with Crippen molar-refractivity contribution >= 4 is 51.7 Å². The topological polar surface area (TPSA) is 74.0 Å². The van der Waals surface area contributed by atoms with Crippen LogP contribution < -0.4 is 5.32 Å². The SMILES string of the molecule is O=C1NC(=S)S/C1=C\c1cc(N=Nc2cccc(C(F)(F)F)c2)ccc1O. The molecule has 2 aromatic rings. The lowest BCUT2D eigenvalue weighted by Crippen LogP contribution is -2.17. The van der Waals surface area contributed by atoms with Crippen molar-refractivity contribution in [3.63, 3.8) is 0 Å². The van der Waals surface area contributed by atoms with Crippen LogP contribution in [0.25, 0.3) is 6.08 Å². The van der Waals surface area contributed by atoms with E-state index in [1.165, 1.54) is 36.4 Å². The molecule has 1 heterocycles. The number of halogens is 3. The van der Waals surface area contributed by atoms with Gasteiger partial charge in [-0.25, -0.2) is 0 Å². The number of hydrogen-bond acceptors (Lipinski definition) is 6. The van der Waals surface area contributed by atoms with Crippen molar-refractivity contribution in [3.05, 3.63) is 58.5 Å². The molecule has 2 aromatic carbocycles. The number of amides is 1. The van der Waals surface area contributed by atoms with Gasteiger partial charge in [0.1, 0.15) is 10.1 Å². The van der Waals surface area contributed by atoms with Gasteiger partial charge < -0.3 is 10.4 Å². The van der Waals surface area contributed by atoms with Crippen LogP contribution in [0.2, 0.25) is 0 Å². The van der Waals surface area contributed by atoms with Gasteiger partial charge >= 0.3 is 6.18 Å². The first-order valence-electron chi connectivity index (χ1n) is 7.39. The molecule has 1 saturated heterocycles. The van der Waals surface area contributed by atoms with Crippen LogP contribution in [0.15, 0.2) is 57.6 Å². The zero-order valence-electron chi connectivity index (χ0n) is 13.3. The number of aromatic hydroxyl groups is 1. The molecule has 0 bridgehead atoms. The normalized spacial score (nSPS) is 16.3. The van der Waals surface area contributed by atoms with Gasteiger partial charge in [-0.2, -0.15) is 23.4 Å². The molecule has 0 radical (unpaired) electrons. The minimum Gasteiger partial charge on any atom is -0.507 e. The van der Waals surface area contributed by atoms with Crippen LogP contribution in [0.3, 0.4) is 0 Å². The average molecular weight is 409 g/mol. The lowest BCUT2D eigenvalue weighted by Gasteiger charge is -2.06. The Hall–Kier alpha value is -2.72. The molecule has 0 aliphatic carbocycles. The highest BCUT2D eigenvalue weighted by atomic mass is 32.2. The fraction of sp³-hybridized carbons (Fsp3) is 0.0588. The maximum atomic E-state index is 12.7. The third kappa shape index (κ3) is 4.72. The second-order valence-electron chi connectivity index (χ2n) is 5.34. The molecule has 5 nitrogen and oxygen atoms in total. The molecule has 138 valence electrons. The summed E-state index contributed by atoms with van der Waals surface area (Å²) >= 11 is 5.95. The van der Waals surface area contributed by atoms with Gasteiger partial charge in [0.15, 0.2) is 0 Å². The number of carbonyl (C=O) groups is 1. The molecule has 0 saturated carbocycles. The smallest absolute Gasteiger partial charge is 0.416 e. The lowest BCUT2D eigenvalue weighted by atomic mass is 10.1. The van der Waals surface area contributed by atoms with Crippen LogP contribution in [0, 0.1) is 0 Å². The average Bonchev–Trinajstić information content (AvgIpc) is 2.92. The van der Waals surface area contributed by atoms with Crippen LogP contribution in [0.4, 0.5) is 24.5 Å². The fourth-order valence-corrected chi connectivity index (χ4v) is 3.18. The number of benzene rings is 2. The number of thiocarbonyl (C=S) groups is 1. The second-order valence-corrected chi connectivity index (χ2v) is 7.06. The number of phenols is 1. The highest BCUT2D eigenvalue weighted by molar-refractivity contribution is 8.26. The van der Waals surface area contributed by atoms with E-state index < -0.39 is 11.7 Å². The Morgan fingerprint density at radius 3 is 2.44 bits per heavy atom. The van der Waals surface area contributed by atoms with Crippen LogP contribution in [0.1, 0.15) is 11.1 Å². The van der Waals surface area contributed by atoms with Crippen molar-refractivity contribution in [2.75, 3.05) is 0 Å². The third-order valence-corrected chi connectivity index (χ3v) is 4.56. The van der Waals surface area contributed by atoms with Gasteiger partial charge in [0.2, 0.25) is 0 Å². The minimum absolute atomic E-state index is 0.0360. The van der Waals surface area contributed by atoms with E-state index >= 15 is 0 Å². The van der Waals surface area contributed by atoms with E-state index in [4.69, 9.17) is 12.2 Å². The first-order chi connectivity index (χ1) is 12.7. The molecule has 0 spiro atoms. The minimum atomic E-state index is -4.47. The van der Waals surface area contributed by atoms with Gasteiger partial charge in [0.25, 0.3) is 5.91 Å². The molecular formula is C17H10F3N3O2S2. The number of nitrogens with one attached hydrogen (secondary N) is 1. The molecule has 1 aliphatic heterocycles. The summed E-state index contributed by atoms with van der Waals surface area (Å²) in [5.74, 6) is -0.466. The Bertz CT molecular complexity index is 988. The Morgan fingerprint density at radius 1 is 1.11 bits per heavy atom. The first-order valence-corrected chi connectivity index (χ1v) is 8.62. The van der Waals surface area contributed by atoms with Crippen LogP contribution in [-0.2, 0) is 11.0 Å². The summed E-state index contributed by atoms with van der Waals surface area (Å²) in [7, 11) is 0. The molecule has 0 unspecified atom stereocenters. The molecule has 0 atom stereocenters. The van der Waals surface area contributed by atoms with Crippen molar-refractivity contribution in [3.8, 4) is 5.75 Å². The molecule has 27 heavy (non-hydrogen) atoms. The van der Waals surface area contributed by atoms with Gasteiger partial charge in [-0.15, -0.1) is 0 Å². The van der Waals surface area contributed by atoms with E-state index in [1.807, 2.05) is 0 Å². The number of carbonyl (C=O) groups excluding carboxylic acids is 1. The van der Waals surface area contributed by atoms with Crippen molar-refractivity contribution in [2.24, 2.45) is 10.2 Å². The number of azo groups is 1. The Labute approximate surface area is 161 Å². The number of thioether (sulfide) groups is 1. The maximum Gasteiger partial charge on any atom is 0.416 e. The maximum absolute atomic E-state index is 12.7. The largest absolute Gasteiger partial charge is 0.507 e. The molecule has 2 N–H and O–H groups in total. The monoisotopic (exact) mass is 409 g/mol. The Kier molecular flexibility index (Phi) is 5.29. The highest BCUT2D eigenvalue weighted by Crippen LogP contribution is 2.33. The number of phenolic OH excluding ortho intramolecular Hbond substituents is 1. The summed E-state index contributed by atoms with van der Waals surface area (Å²) < 4.78 is 38.5. The zero-order chi connectivity index (χ0) is 19.6. The van der Waals surface area contributed by atoms with Crippen LogP contribution >= 0.6 is 24.0 Å². The molecule has 1 fully saturated rings. The van der Waals surface area contributed by atoms with Gasteiger partial charge in [0.05, 0.1) is 21.8 Å². The highest BCUT2D eigenvalue weighted by Gasteiger charge is 2.30. The van der Waals surface area contributed by atoms with Crippen LogP contribution in [0.5, 0.6) is 5.75 Å². The summed E-state index contributed by atoms with van der Waals surface area (Å²) in [6, 6.07) is 8.70. The number of hydrogen-bond donors (Lipinski definition) is 2. The van der Waals surface area contributed by atoms with Gasteiger partial charge in [-0.05, 0) is 42.5 Å². The lowest BCUT2D eigenvalue weighted by molar-refractivity contribution is -0.137. The molecule has 10 heteroatoms. The molecule has 1 aliphatic rings. The molecule has 0 aromatic heterocycles. The van der Waals surface area contributed by atoms with E-state index in [2.05, 4.69) is 15.5 Å². The van der Waals surface area contributed by atoms with E-state index in [0.717, 1.165) is 23.9 Å². The third-order valence-electron chi connectivity index (χ3n) is 3.39. The molecule has 1 amide bonds. The first kappa shape index (κ1) is 19.1. The Morgan fingerprint density at radius 2 is 1.81 bits per heavy atom. The van der Waals surface area contributed by atoms with Crippen molar-refractivity contribution in [2.45, 2.75) is 6.18 Å².